The Bertz CT molecular complexity index is 953. The van der Waals surface area contributed by atoms with E-state index in [0.717, 1.165) is 40.6 Å². The van der Waals surface area contributed by atoms with Crippen LogP contribution in [0.3, 0.4) is 0 Å². The molecule has 5 heteroatoms. The highest BCUT2D eigenvalue weighted by Crippen LogP contribution is 2.37. The predicted molar refractivity (Wildman–Crippen MR) is 115 cm³/mol. The molecular weight excluding hydrogens is 370 g/mol. The summed E-state index contributed by atoms with van der Waals surface area (Å²) in [5.41, 5.74) is 4.30. The third-order valence-electron chi connectivity index (χ3n) is 5.19. The van der Waals surface area contributed by atoms with Crippen LogP contribution in [0.25, 0.3) is 6.08 Å². The molecule has 0 spiro atoms. The maximum Gasteiger partial charge on any atom is 0.290 e. The number of hydrogen-bond acceptors (Lipinski definition) is 4. The van der Waals surface area contributed by atoms with Crippen molar-refractivity contribution in [2.75, 3.05) is 0 Å². The van der Waals surface area contributed by atoms with E-state index in [2.05, 4.69) is 52.1 Å². The van der Waals surface area contributed by atoms with E-state index in [1.165, 1.54) is 5.56 Å². The molecule has 1 aliphatic heterocycles. The summed E-state index contributed by atoms with van der Waals surface area (Å²) in [6.07, 6.45) is 2.75. The molecule has 0 bridgehead atoms. The van der Waals surface area contributed by atoms with Crippen LogP contribution in [0.4, 0.5) is 4.79 Å². The molecule has 0 atom stereocenters. The summed E-state index contributed by atoms with van der Waals surface area (Å²) in [4.78, 5) is 23.7. The van der Waals surface area contributed by atoms with Gasteiger partial charge in [-0.2, -0.15) is 0 Å². The zero-order valence-corrected chi connectivity index (χ0v) is 17.7. The number of hydrogen-bond donors (Lipinski definition) is 1. The minimum atomic E-state index is -0.372. The lowest BCUT2D eigenvalue weighted by atomic mass is 9.81. The topological polar surface area (TPSA) is 55.4 Å². The number of nitrogens with one attached hydrogen (secondary N) is 1. The van der Waals surface area contributed by atoms with Crippen LogP contribution in [0.2, 0.25) is 0 Å². The Morgan fingerprint density at radius 3 is 2.32 bits per heavy atom. The quantitative estimate of drug-likeness (QED) is 0.621. The van der Waals surface area contributed by atoms with Crippen molar-refractivity contribution in [1.29, 1.82) is 0 Å². The summed E-state index contributed by atoms with van der Waals surface area (Å²) in [5, 5.41) is 1.92. The van der Waals surface area contributed by atoms with E-state index in [0.29, 0.717) is 10.7 Å². The van der Waals surface area contributed by atoms with E-state index in [9.17, 15) is 9.59 Å². The van der Waals surface area contributed by atoms with Gasteiger partial charge < -0.3 is 4.74 Å². The fourth-order valence-electron chi connectivity index (χ4n) is 3.07. The van der Waals surface area contributed by atoms with Crippen LogP contribution in [-0.4, -0.2) is 11.1 Å². The molecule has 0 unspecified atom stereocenters. The number of ether oxygens (including phenoxy) is 1. The minimum Gasteiger partial charge on any atom is -0.456 e. The molecule has 0 radical (unpaired) electrons. The number of carbonyl (C=O) groups excluding carboxylic acids is 2. The third kappa shape index (κ3) is 4.14. The Labute approximate surface area is 170 Å². The van der Waals surface area contributed by atoms with Gasteiger partial charge in [0.1, 0.15) is 11.5 Å². The molecule has 1 heterocycles. The molecule has 146 valence electrons. The average Bonchev–Trinajstić information content (AvgIpc) is 2.96. The normalized spacial score (nSPS) is 15.8. The molecule has 4 nitrogen and oxygen atoms in total. The number of rotatable bonds is 5. The molecule has 0 aliphatic carbocycles. The zero-order valence-electron chi connectivity index (χ0n) is 16.9. The molecule has 28 heavy (non-hydrogen) atoms. The third-order valence-corrected chi connectivity index (χ3v) is 6.00. The van der Waals surface area contributed by atoms with Crippen LogP contribution >= 0.6 is 11.8 Å². The Morgan fingerprint density at radius 2 is 1.75 bits per heavy atom. The van der Waals surface area contributed by atoms with E-state index < -0.39 is 0 Å². The highest BCUT2D eigenvalue weighted by atomic mass is 32.2. The zero-order chi connectivity index (χ0) is 20.5. The SMILES string of the molecule is CCC(C)(C)c1cc(C)c(Oc2ccccc2C=C2SC(=O)NC2=O)c(C)c1. The highest BCUT2D eigenvalue weighted by Gasteiger charge is 2.25. The number of benzene rings is 2. The van der Waals surface area contributed by atoms with Crippen LogP contribution in [0.5, 0.6) is 11.5 Å². The standard InChI is InChI=1S/C23H25NO3S/c1-6-23(4,5)17-11-14(2)20(15(3)12-17)27-18-10-8-7-9-16(18)13-19-21(25)24-22(26)28-19/h7-13H,6H2,1-5H3,(H,24,25,26). The molecule has 2 aromatic carbocycles. The lowest BCUT2D eigenvalue weighted by molar-refractivity contribution is -0.115. The molecule has 2 aromatic rings. The fourth-order valence-corrected chi connectivity index (χ4v) is 3.74. The first-order chi connectivity index (χ1) is 13.2. The summed E-state index contributed by atoms with van der Waals surface area (Å²) in [6.45, 7) is 10.8. The molecule has 3 rings (SSSR count). The number of imide groups is 1. The molecule has 0 aromatic heterocycles. The Morgan fingerprint density at radius 1 is 1.11 bits per heavy atom. The van der Waals surface area contributed by atoms with Gasteiger partial charge in [0.2, 0.25) is 0 Å². The summed E-state index contributed by atoms with van der Waals surface area (Å²) in [6, 6.07) is 11.9. The Kier molecular flexibility index (Phi) is 5.66. The first-order valence-corrected chi connectivity index (χ1v) is 10.2. The first-order valence-electron chi connectivity index (χ1n) is 9.34. The van der Waals surface area contributed by atoms with Gasteiger partial charge in [-0.1, -0.05) is 51.1 Å². The van der Waals surface area contributed by atoms with Gasteiger partial charge in [-0.3, -0.25) is 14.9 Å². The van der Waals surface area contributed by atoms with Crippen molar-refractivity contribution in [3.63, 3.8) is 0 Å². The van der Waals surface area contributed by atoms with Crippen molar-refractivity contribution in [2.24, 2.45) is 0 Å². The maximum absolute atomic E-state index is 11.9. The van der Waals surface area contributed by atoms with Crippen LogP contribution in [0.1, 0.15) is 49.4 Å². The van der Waals surface area contributed by atoms with E-state index in [1.54, 1.807) is 6.08 Å². The number of amides is 2. The molecule has 0 saturated carbocycles. The summed E-state index contributed by atoms with van der Waals surface area (Å²) in [7, 11) is 0. The van der Waals surface area contributed by atoms with Crippen LogP contribution < -0.4 is 10.1 Å². The first kappa shape index (κ1) is 20.2. The van der Waals surface area contributed by atoms with Crippen LogP contribution in [0.15, 0.2) is 41.3 Å². The van der Waals surface area contributed by atoms with Gasteiger partial charge in [0.25, 0.3) is 11.1 Å². The van der Waals surface area contributed by atoms with Gasteiger partial charge in [0.05, 0.1) is 4.91 Å². The molecule has 2 amide bonds. The van der Waals surface area contributed by atoms with E-state index in [1.807, 2.05) is 24.3 Å². The van der Waals surface area contributed by atoms with Crippen molar-refractivity contribution in [3.05, 3.63) is 63.6 Å². The smallest absolute Gasteiger partial charge is 0.290 e. The van der Waals surface area contributed by atoms with Gasteiger partial charge in [-0.05, 0) is 66.3 Å². The molecule has 1 fully saturated rings. The summed E-state index contributed by atoms with van der Waals surface area (Å²) in [5.74, 6) is 1.10. The van der Waals surface area contributed by atoms with Crippen molar-refractivity contribution in [1.82, 2.24) is 5.32 Å². The van der Waals surface area contributed by atoms with Crippen molar-refractivity contribution < 1.29 is 14.3 Å². The van der Waals surface area contributed by atoms with Gasteiger partial charge >= 0.3 is 0 Å². The fraction of sp³-hybridized carbons (Fsp3) is 0.304. The van der Waals surface area contributed by atoms with Crippen molar-refractivity contribution in [2.45, 2.75) is 46.5 Å². The van der Waals surface area contributed by atoms with Crippen molar-refractivity contribution >= 4 is 29.0 Å². The minimum absolute atomic E-state index is 0.107. The van der Waals surface area contributed by atoms with Gasteiger partial charge in [0.15, 0.2) is 0 Å². The molecule has 1 N–H and O–H groups in total. The van der Waals surface area contributed by atoms with Crippen LogP contribution in [-0.2, 0) is 10.2 Å². The lowest BCUT2D eigenvalue weighted by Crippen LogP contribution is -2.17. The highest BCUT2D eigenvalue weighted by molar-refractivity contribution is 8.18. The second-order valence-corrected chi connectivity index (χ2v) is 8.68. The van der Waals surface area contributed by atoms with Gasteiger partial charge in [-0.25, -0.2) is 0 Å². The number of thioether (sulfide) groups is 1. The molecular formula is C23H25NO3S. The van der Waals surface area contributed by atoms with Crippen molar-refractivity contribution in [3.8, 4) is 11.5 Å². The number of aryl methyl sites for hydroxylation is 2. The van der Waals surface area contributed by atoms with E-state index in [4.69, 9.17) is 4.74 Å². The summed E-state index contributed by atoms with van der Waals surface area (Å²) < 4.78 is 6.27. The van der Waals surface area contributed by atoms with Gasteiger partial charge in [0, 0.05) is 5.56 Å². The molecule has 1 saturated heterocycles. The van der Waals surface area contributed by atoms with E-state index in [-0.39, 0.29) is 16.6 Å². The monoisotopic (exact) mass is 395 g/mol. The average molecular weight is 396 g/mol. The Balaban J connectivity index is 1.97. The Hall–Kier alpha value is -2.53. The number of carbonyl (C=O) groups is 2. The van der Waals surface area contributed by atoms with E-state index >= 15 is 0 Å². The second-order valence-electron chi connectivity index (χ2n) is 7.67. The predicted octanol–water partition coefficient (Wildman–Crippen LogP) is 6.11. The largest absolute Gasteiger partial charge is 0.456 e. The van der Waals surface area contributed by atoms with Crippen LogP contribution in [0, 0.1) is 13.8 Å². The maximum atomic E-state index is 11.9. The molecule has 1 aliphatic rings. The number of para-hydroxylation sites is 1. The van der Waals surface area contributed by atoms with Gasteiger partial charge in [-0.15, -0.1) is 0 Å². The lowest BCUT2D eigenvalue weighted by Gasteiger charge is -2.25. The second kappa shape index (κ2) is 7.84. The summed E-state index contributed by atoms with van der Waals surface area (Å²) >= 11 is 0.903.